The Morgan fingerprint density at radius 2 is 1.67 bits per heavy atom. The molecule has 3 aliphatic rings. The molecule has 1 aromatic rings. The van der Waals surface area contributed by atoms with Crippen LogP contribution in [0.15, 0.2) is 24.3 Å². The molecule has 0 fully saturated rings. The van der Waals surface area contributed by atoms with Crippen LogP contribution in [0.25, 0.3) is 0 Å². The third-order valence-corrected chi connectivity index (χ3v) is 12.2. The summed E-state index contributed by atoms with van der Waals surface area (Å²) in [7, 11) is -3.43. The van der Waals surface area contributed by atoms with E-state index >= 15 is 0 Å². The van der Waals surface area contributed by atoms with Crippen molar-refractivity contribution < 1.29 is 8.85 Å². The fourth-order valence-electron chi connectivity index (χ4n) is 3.88. The lowest BCUT2D eigenvalue weighted by atomic mass is 9.97. The second kappa shape index (κ2) is 3.07. The van der Waals surface area contributed by atoms with Gasteiger partial charge in [-0.15, -0.1) is 0 Å². The fraction of sp³-hybridized carbons (Fsp3) is 0.429. The zero-order valence-electron chi connectivity index (χ0n) is 11.3. The highest BCUT2D eigenvalue weighted by atomic mass is 28.4. The summed E-state index contributed by atoms with van der Waals surface area (Å²) < 4.78 is 12.5. The quantitative estimate of drug-likeness (QED) is 0.533. The average molecular weight is 274 g/mol. The van der Waals surface area contributed by atoms with Gasteiger partial charge in [0.25, 0.3) is 0 Å². The van der Waals surface area contributed by atoms with Crippen molar-refractivity contribution in [1.82, 2.24) is 0 Å². The zero-order valence-corrected chi connectivity index (χ0v) is 13.3. The van der Waals surface area contributed by atoms with Crippen LogP contribution in [0.3, 0.4) is 0 Å². The minimum Gasteiger partial charge on any atom is -0.449 e. The second-order valence-electron chi connectivity index (χ2n) is 6.48. The van der Waals surface area contributed by atoms with Gasteiger partial charge in [-0.2, -0.15) is 0 Å². The molecule has 0 N–H and O–H groups in total. The molecule has 3 heterocycles. The molecule has 4 rings (SSSR count). The van der Waals surface area contributed by atoms with Gasteiger partial charge in [-0.25, -0.2) is 0 Å². The average Bonchev–Trinajstić information content (AvgIpc) is 2.90. The van der Waals surface area contributed by atoms with Gasteiger partial charge in [-0.3, -0.25) is 0 Å². The van der Waals surface area contributed by atoms with Crippen LogP contribution in [0.4, 0.5) is 0 Å². The maximum atomic E-state index is 6.54. The van der Waals surface area contributed by atoms with E-state index in [0.29, 0.717) is 0 Å². The molecule has 0 saturated carbocycles. The highest BCUT2D eigenvalue weighted by molar-refractivity contribution is 7.06. The standard InChI is InChI=1S/C14H18O2Si2/c1-17(2)12-8-5-9-10-6-7-11(15-10)13(9)14(12)18(3,4)16-17/h5-8,10-11H,1-4H3/t10-,11+/m1/s1. The van der Waals surface area contributed by atoms with Crippen LogP contribution < -0.4 is 10.4 Å². The van der Waals surface area contributed by atoms with Crippen LogP contribution >= 0.6 is 0 Å². The summed E-state index contributed by atoms with van der Waals surface area (Å²) in [6.07, 6.45) is 4.79. The normalized spacial score (nSPS) is 32.7. The van der Waals surface area contributed by atoms with Crippen molar-refractivity contribution in [3.05, 3.63) is 35.4 Å². The van der Waals surface area contributed by atoms with Crippen molar-refractivity contribution in [2.75, 3.05) is 0 Å². The van der Waals surface area contributed by atoms with Crippen LogP contribution in [-0.4, -0.2) is 16.6 Å². The van der Waals surface area contributed by atoms with Crippen LogP contribution in [0.1, 0.15) is 23.3 Å². The van der Waals surface area contributed by atoms with Gasteiger partial charge < -0.3 is 8.85 Å². The third-order valence-electron chi connectivity index (χ3n) is 4.39. The summed E-state index contributed by atoms with van der Waals surface area (Å²) in [5.41, 5.74) is 2.84. The Kier molecular flexibility index (Phi) is 1.90. The molecule has 3 aliphatic heterocycles. The molecule has 0 aliphatic carbocycles. The lowest BCUT2D eigenvalue weighted by Crippen LogP contribution is -2.47. The molecule has 0 spiro atoms. The Morgan fingerprint density at radius 3 is 2.44 bits per heavy atom. The van der Waals surface area contributed by atoms with E-state index < -0.39 is 16.6 Å². The molecule has 0 saturated heterocycles. The molecule has 2 atom stereocenters. The number of hydrogen-bond donors (Lipinski definition) is 0. The minimum absolute atomic E-state index is 0.193. The summed E-state index contributed by atoms with van der Waals surface area (Å²) in [6.45, 7) is 9.32. The van der Waals surface area contributed by atoms with Crippen molar-refractivity contribution in [2.24, 2.45) is 0 Å². The van der Waals surface area contributed by atoms with E-state index in [1.54, 1.807) is 5.19 Å². The predicted molar refractivity (Wildman–Crippen MR) is 77.5 cm³/mol. The van der Waals surface area contributed by atoms with Crippen molar-refractivity contribution >= 4 is 27.0 Å². The number of ether oxygens (including phenoxy) is 1. The topological polar surface area (TPSA) is 18.5 Å². The van der Waals surface area contributed by atoms with Crippen molar-refractivity contribution in [2.45, 2.75) is 38.4 Å². The van der Waals surface area contributed by atoms with Gasteiger partial charge >= 0.3 is 0 Å². The van der Waals surface area contributed by atoms with E-state index in [2.05, 4.69) is 50.5 Å². The molecule has 2 bridgehead atoms. The van der Waals surface area contributed by atoms with E-state index in [1.165, 1.54) is 16.3 Å². The molecular formula is C14H18O2Si2. The van der Waals surface area contributed by atoms with E-state index in [1.807, 2.05) is 0 Å². The lowest BCUT2D eigenvalue weighted by Gasteiger charge is -2.23. The maximum Gasteiger partial charge on any atom is 0.206 e. The minimum atomic E-state index is -1.74. The summed E-state index contributed by atoms with van der Waals surface area (Å²) >= 11 is 0. The van der Waals surface area contributed by atoms with Crippen molar-refractivity contribution in [3.8, 4) is 0 Å². The molecule has 2 nitrogen and oxygen atoms in total. The Balaban J connectivity index is 2.05. The zero-order chi connectivity index (χ0) is 12.7. The first-order valence-electron chi connectivity index (χ1n) is 6.62. The van der Waals surface area contributed by atoms with Gasteiger partial charge in [-0.05, 0) is 47.7 Å². The van der Waals surface area contributed by atoms with Crippen molar-refractivity contribution in [1.29, 1.82) is 0 Å². The van der Waals surface area contributed by atoms with E-state index in [4.69, 9.17) is 8.85 Å². The van der Waals surface area contributed by atoms with Gasteiger partial charge in [0.05, 0.1) is 0 Å². The lowest BCUT2D eigenvalue weighted by molar-refractivity contribution is 0.0881. The highest BCUT2D eigenvalue weighted by Gasteiger charge is 2.51. The molecule has 94 valence electrons. The summed E-state index contributed by atoms with van der Waals surface area (Å²) in [5, 5.41) is 3.07. The summed E-state index contributed by atoms with van der Waals surface area (Å²) in [6, 6.07) is 4.59. The Morgan fingerprint density at radius 1 is 0.944 bits per heavy atom. The van der Waals surface area contributed by atoms with Gasteiger partial charge in [-0.1, -0.05) is 24.3 Å². The van der Waals surface area contributed by atoms with E-state index in [9.17, 15) is 0 Å². The molecule has 0 radical (unpaired) electrons. The number of hydrogen-bond acceptors (Lipinski definition) is 2. The molecule has 1 aromatic carbocycles. The number of fused-ring (bicyclic) bond motifs is 7. The second-order valence-corrected chi connectivity index (χ2v) is 14.4. The fourth-order valence-corrected chi connectivity index (χ4v) is 14.5. The van der Waals surface area contributed by atoms with E-state index in [-0.39, 0.29) is 12.2 Å². The van der Waals surface area contributed by atoms with Gasteiger partial charge in [0, 0.05) is 0 Å². The molecule has 0 amide bonds. The van der Waals surface area contributed by atoms with E-state index in [0.717, 1.165) is 0 Å². The van der Waals surface area contributed by atoms with Crippen LogP contribution in [0.2, 0.25) is 26.2 Å². The molecule has 18 heavy (non-hydrogen) atoms. The number of benzene rings is 1. The van der Waals surface area contributed by atoms with Crippen LogP contribution in [0.5, 0.6) is 0 Å². The molecule has 4 heteroatoms. The van der Waals surface area contributed by atoms with Gasteiger partial charge in [0.15, 0.2) is 0 Å². The monoisotopic (exact) mass is 274 g/mol. The largest absolute Gasteiger partial charge is 0.449 e. The molecule has 0 aromatic heterocycles. The third kappa shape index (κ3) is 1.19. The SMILES string of the molecule is C[Si]1(C)O[Si](C)(C)c2c1ccc1c2[C@@H]2C=C[C@H]1O2. The first-order valence-corrected chi connectivity index (χ1v) is 12.4. The van der Waals surface area contributed by atoms with Crippen LogP contribution in [0, 0.1) is 0 Å². The van der Waals surface area contributed by atoms with Crippen LogP contribution in [-0.2, 0) is 8.85 Å². The summed E-state index contributed by atoms with van der Waals surface area (Å²) in [4.78, 5) is 0. The number of rotatable bonds is 0. The Bertz CT molecular complexity index is 590. The Hall–Kier alpha value is -0.686. The first-order chi connectivity index (χ1) is 8.40. The molecule has 0 unspecified atom stereocenters. The predicted octanol–water partition coefficient (Wildman–Crippen LogP) is 2.22. The summed E-state index contributed by atoms with van der Waals surface area (Å²) in [5.74, 6) is 0. The smallest absolute Gasteiger partial charge is 0.206 e. The Labute approximate surface area is 110 Å². The van der Waals surface area contributed by atoms with Gasteiger partial charge in [0.1, 0.15) is 12.2 Å². The first kappa shape index (κ1) is 11.2. The maximum absolute atomic E-state index is 6.54. The highest BCUT2D eigenvalue weighted by Crippen LogP contribution is 2.46. The van der Waals surface area contributed by atoms with Crippen molar-refractivity contribution in [3.63, 3.8) is 0 Å². The van der Waals surface area contributed by atoms with Gasteiger partial charge in [0.2, 0.25) is 16.6 Å². The molecular weight excluding hydrogens is 256 g/mol.